The van der Waals surface area contributed by atoms with Crippen LogP contribution >= 0.6 is 0 Å². The lowest BCUT2D eigenvalue weighted by molar-refractivity contribution is 0.296. The Balaban J connectivity index is 3.65. The fourth-order valence-electron chi connectivity index (χ4n) is 1.28. The third-order valence-electron chi connectivity index (χ3n) is 2.28. The molecule has 0 bridgehead atoms. The van der Waals surface area contributed by atoms with Crippen molar-refractivity contribution in [1.29, 1.82) is 0 Å². The zero-order chi connectivity index (χ0) is 10.3. The van der Waals surface area contributed by atoms with Crippen molar-refractivity contribution in [2.45, 2.75) is 39.7 Å². The van der Waals surface area contributed by atoms with Gasteiger partial charge >= 0.3 is 0 Å². The SMILES string of the molecule is C=C(C)CN(CC)CCC(N)CC. The number of likely N-dealkylation sites (N-methyl/N-ethyl adjacent to an activating group) is 1. The molecule has 0 amide bonds. The molecule has 2 nitrogen and oxygen atoms in total. The van der Waals surface area contributed by atoms with Crippen LogP contribution in [-0.4, -0.2) is 30.6 Å². The van der Waals surface area contributed by atoms with Crippen molar-refractivity contribution >= 4 is 0 Å². The highest BCUT2D eigenvalue weighted by Crippen LogP contribution is 2.00. The molecule has 0 radical (unpaired) electrons. The van der Waals surface area contributed by atoms with Gasteiger partial charge < -0.3 is 5.73 Å². The highest BCUT2D eigenvalue weighted by atomic mass is 15.1. The third-order valence-corrected chi connectivity index (χ3v) is 2.28. The average molecular weight is 184 g/mol. The summed E-state index contributed by atoms with van der Waals surface area (Å²) in [6, 6.07) is 0.360. The van der Waals surface area contributed by atoms with Crippen molar-refractivity contribution in [3.8, 4) is 0 Å². The fraction of sp³-hybridized carbons (Fsp3) is 0.818. The Morgan fingerprint density at radius 1 is 1.46 bits per heavy atom. The van der Waals surface area contributed by atoms with Gasteiger partial charge in [-0.15, -0.1) is 0 Å². The van der Waals surface area contributed by atoms with Gasteiger partial charge in [0.15, 0.2) is 0 Å². The first-order valence-electron chi connectivity index (χ1n) is 5.22. The molecular weight excluding hydrogens is 160 g/mol. The maximum atomic E-state index is 5.86. The van der Waals surface area contributed by atoms with Gasteiger partial charge in [0.25, 0.3) is 0 Å². The summed E-state index contributed by atoms with van der Waals surface area (Å²) >= 11 is 0. The molecule has 13 heavy (non-hydrogen) atoms. The number of hydrogen-bond acceptors (Lipinski definition) is 2. The predicted molar refractivity (Wildman–Crippen MR) is 59.8 cm³/mol. The minimum absolute atomic E-state index is 0.360. The Morgan fingerprint density at radius 3 is 2.46 bits per heavy atom. The quantitative estimate of drug-likeness (QED) is 0.613. The summed E-state index contributed by atoms with van der Waals surface area (Å²) < 4.78 is 0. The molecule has 0 saturated carbocycles. The molecule has 0 rings (SSSR count). The normalized spacial score (nSPS) is 13.3. The molecule has 0 saturated heterocycles. The second-order valence-corrected chi connectivity index (χ2v) is 3.78. The molecule has 2 N–H and O–H groups in total. The van der Waals surface area contributed by atoms with Crippen molar-refractivity contribution in [2.24, 2.45) is 5.73 Å². The van der Waals surface area contributed by atoms with Crippen molar-refractivity contribution < 1.29 is 0 Å². The predicted octanol–water partition coefficient (Wildman–Crippen LogP) is 2.01. The van der Waals surface area contributed by atoms with Gasteiger partial charge in [0.1, 0.15) is 0 Å². The molecule has 0 heterocycles. The van der Waals surface area contributed by atoms with Crippen molar-refractivity contribution in [2.75, 3.05) is 19.6 Å². The molecule has 0 spiro atoms. The average Bonchev–Trinajstić information content (AvgIpc) is 2.10. The number of nitrogens with two attached hydrogens (primary N) is 1. The van der Waals surface area contributed by atoms with E-state index in [4.69, 9.17) is 5.73 Å². The van der Waals surface area contributed by atoms with Gasteiger partial charge in [-0.3, -0.25) is 4.90 Å². The van der Waals surface area contributed by atoms with Crippen molar-refractivity contribution in [3.05, 3.63) is 12.2 Å². The van der Waals surface area contributed by atoms with Gasteiger partial charge in [-0.05, 0) is 32.9 Å². The molecule has 0 aromatic carbocycles. The molecule has 78 valence electrons. The third kappa shape index (κ3) is 6.79. The minimum Gasteiger partial charge on any atom is -0.328 e. The summed E-state index contributed by atoms with van der Waals surface area (Å²) in [7, 11) is 0. The largest absolute Gasteiger partial charge is 0.328 e. The van der Waals surface area contributed by atoms with Gasteiger partial charge in [-0.2, -0.15) is 0 Å². The molecule has 2 heteroatoms. The van der Waals surface area contributed by atoms with E-state index in [2.05, 4.69) is 32.3 Å². The first-order chi connectivity index (χ1) is 6.10. The molecular formula is C11H24N2. The second kappa shape index (κ2) is 7.10. The van der Waals surface area contributed by atoms with E-state index in [0.29, 0.717) is 6.04 Å². The Labute approximate surface area is 82.8 Å². The Kier molecular flexibility index (Phi) is 6.92. The zero-order valence-corrected chi connectivity index (χ0v) is 9.34. The van der Waals surface area contributed by atoms with Gasteiger partial charge in [0, 0.05) is 12.6 Å². The second-order valence-electron chi connectivity index (χ2n) is 3.78. The van der Waals surface area contributed by atoms with Crippen LogP contribution in [0.1, 0.15) is 33.6 Å². The van der Waals surface area contributed by atoms with E-state index in [9.17, 15) is 0 Å². The van der Waals surface area contributed by atoms with Crippen LogP contribution < -0.4 is 5.73 Å². The lowest BCUT2D eigenvalue weighted by Crippen LogP contribution is -2.31. The first-order valence-corrected chi connectivity index (χ1v) is 5.22. The van der Waals surface area contributed by atoms with Crippen molar-refractivity contribution in [3.63, 3.8) is 0 Å². The Hall–Kier alpha value is -0.340. The van der Waals surface area contributed by atoms with Crippen molar-refractivity contribution in [1.82, 2.24) is 4.90 Å². The fourth-order valence-corrected chi connectivity index (χ4v) is 1.28. The summed E-state index contributed by atoms with van der Waals surface area (Å²) in [4.78, 5) is 2.39. The van der Waals surface area contributed by atoms with E-state index in [-0.39, 0.29) is 0 Å². The molecule has 0 fully saturated rings. The highest BCUT2D eigenvalue weighted by molar-refractivity contribution is 4.91. The maximum absolute atomic E-state index is 5.86. The lowest BCUT2D eigenvalue weighted by atomic mass is 10.1. The van der Waals surface area contributed by atoms with E-state index in [0.717, 1.165) is 32.5 Å². The van der Waals surface area contributed by atoms with E-state index in [1.165, 1.54) is 5.57 Å². The summed E-state index contributed by atoms with van der Waals surface area (Å²) in [5, 5.41) is 0. The van der Waals surface area contributed by atoms with Gasteiger partial charge in [0.2, 0.25) is 0 Å². The zero-order valence-electron chi connectivity index (χ0n) is 9.34. The van der Waals surface area contributed by atoms with Gasteiger partial charge in [-0.1, -0.05) is 26.0 Å². The van der Waals surface area contributed by atoms with Crippen LogP contribution in [0.5, 0.6) is 0 Å². The monoisotopic (exact) mass is 184 g/mol. The molecule has 0 aliphatic heterocycles. The number of hydrogen-bond donors (Lipinski definition) is 1. The highest BCUT2D eigenvalue weighted by Gasteiger charge is 2.04. The minimum atomic E-state index is 0.360. The van der Waals surface area contributed by atoms with Crippen LogP contribution in [0.15, 0.2) is 12.2 Å². The molecule has 1 unspecified atom stereocenters. The molecule has 0 aromatic rings. The molecule has 0 aromatic heterocycles. The van der Waals surface area contributed by atoms with Gasteiger partial charge in [-0.25, -0.2) is 0 Å². The maximum Gasteiger partial charge on any atom is 0.0187 e. The van der Waals surface area contributed by atoms with Gasteiger partial charge in [0.05, 0.1) is 0 Å². The van der Waals surface area contributed by atoms with Crippen LogP contribution in [-0.2, 0) is 0 Å². The summed E-state index contributed by atoms with van der Waals surface area (Å²) in [6.07, 6.45) is 2.17. The van der Waals surface area contributed by atoms with E-state index >= 15 is 0 Å². The molecule has 0 aliphatic rings. The van der Waals surface area contributed by atoms with E-state index in [1.54, 1.807) is 0 Å². The van der Waals surface area contributed by atoms with E-state index in [1.807, 2.05) is 0 Å². The van der Waals surface area contributed by atoms with Crippen LogP contribution in [0.4, 0.5) is 0 Å². The number of rotatable bonds is 7. The smallest absolute Gasteiger partial charge is 0.0187 e. The number of nitrogens with zero attached hydrogens (tertiary/aromatic N) is 1. The Bertz CT molecular complexity index is 143. The topological polar surface area (TPSA) is 29.3 Å². The van der Waals surface area contributed by atoms with Crippen LogP contribution in [0.25, 0.3) is 0 Å². The lowest BCUT2D eigenvalue weighted by Gasteiger charge is -2.21. The molecule has 0 aliphatic carbocycles. The summed E-state index contributed by atoms with van der Waals surface area (Å²) in [6.45, 7) is 13.5. The van der Waals surface area contributed by atoms with Crippen LogP contribution in [0.3, 0.4) is 0 Å². The standard InChI is InChI=1S/C11H24N2/c1-5-11(12)7-8-13(6-2)9-10(3)4/h11H,3,5-9,12H2,1-2,4H3. The summed E-state index contributed by atoms with van der Waals surface area (Å²) in [5.74, 6) is 0. The van der Waals surface area contributed by atoms with Crippen LogP contribution in [0, 0.1) is 0 Å². The molecule has 1 atom stereocenters. The first kappa shape index (κ1) is 12.7. The van der Waals surface area contributed by atoms with E-state index < -0.39 is 0 Å². The van der Waals surface area contributed by atoms with Crippen LogP contribution in [0.2, 0.25) is 0 Å². The summed E-state index contributed by atoms with van der Waals surface area (Å²) in [5.41, 5.74) is 7.09. The Morgan fingerprint density at radius 2 is 2.08 bits per heavy atom.